The standard InChI is InChI=1S/C17H13BrCl2N2O2/c1-24-17(23)9-22-15-8-13(20)12(19)7-14(15)21-16(22)6-10-2-4-11(18)5-3-10/h2-5,7-8H,6,9H2,1H3. The predicted molar refractivity (Wildman–Crippen MR) is 98.7 cm³/mol. The average Bonchev–Trinajstić information content (AvgIpc) is 2.87. The third kappa shape index (κ3) is 3.58. The highest BCUT2D eigenvalue weighted by molar-refractivity contribution is 9.10. The maximum Gasteiger partial charge on any atom is 0.325 e. The van der Waals surface area contributed by atoms with Crippen LogP contribution in [-0.4, -0.2) is 22.6 Å². The molecule has 0 saturated carbocycles. The number of esters is 1. The number of carbonyl (C=O) groups excluding carboxylic acids is 1. The highest BCUT2D eigenvalue weighted by Gasteiger charge is 2.16. The molecule has 0 N–H and O–H groups in total. The number of rotatable bonds is 4. The van der Waals surface area contributed by atoms with Gasteiger partial charge in [0.2, 0.25) is 0 Å². The molecule has 0 aliphatic heterocycles. The zero-order valence-electron chi connectivity index (χ0n) is 12.7. The average molecular weight is 428 g/mol. The Morgan fingerprint density at radius 3 is 2.54 bits per heavy atom. The number of halogens is 3. The minimum Gasteiger partial charge on any atom is -0.468 e. The lowest BCUT2D eigenvalue weighted by atomic mass is 10.1. The van der Waals surface area contributed by atoms with Gasteiger partial charge in [-0.3, -0.25) is 4.79 Å². The summed E-state index contributed by atoms with van der Waals surface area (Å²) in [4.78, 5) is 16.4. The Kier molecular flexibility index (Phi) is 5.13. The second-order valence-electron chi connectivity index (χ2n) is 5.25. The fourth-order valence-electron chi connectivity index (χ4n) is 2.46. The first-order valence-corrected chi connectivity index (χ1v) is 8.68. The Bertz CT molecular complexity index is 907. The summed E-state index contributed by atoms with van der Waals surface area (Å²) in [6.45, 7) is 0.0663. The zero-order chi connectivity index (χ0) is 17.3. The molecule has 3 aromatic rings. The maximum atomic E-state index is 11.8. The van der Waals surface area contributed by atoms with Gasteiger partial charge in [0.15, 0.2) is 0 Å². The number of carbonyl (C=O) groups is 1. The third-order valence-corrected chi connectivity index (χ3v) is 4.91. The van der Waals surface area contributed by atoms with Crippen molar-refractivity contribution in [2.24, 2.45) is 0 Å². The van der Waals surface area contributed by atoms with Crippen molar-refractivity contribution in [1.29, 1.82) is 0 Å². The monoisotopic (exact) mass is 426 g/mol. The number of hydrogen-bond acceptors (Lipinski definition) is 3. The van der Waals surface area contributed by atoms with E-state index in [1.165, 1.54) is 7.11 Å². The van der Waals surface area contributed by atoms with Crippen molar-refractivity contribution in [1.82, 2.24) is 9.55 Å². The van der Waals surface area contributed by atoms with Gasteiger partial charge in [-0.1, -0.05) is 51.3 Å². The van der Waals surface area contributed by atoms with E-state index in [9.17, 15) is 4.79 Å². The number of imidazole rings is 1. The fourth-order valence-corrected chi connectivity index (χ4v) is 3.04. The SMILES string of the molecule is COC(=O)Cn1c(Cc2ccc(Br)cc2)nc2cc(Cl)c(Cl)cc21. The summed E-state index contributed by atoms with van der Waals surface area (Å²) >= 11 is 15.6. The van der Waals surface area contributed by atoms with Crippen LogP contribution >= 0.6 is 39.1 Å². The Morgan fingerprint density at radius 2 is 1.88 bits per heavy atom. The van der Waals surface area contributed by atoms with E-state index in [2.05, 4.69) is 20.9 Å². The van der Waals surface area contributed by atoms with E-state index in [0.717, 1.165) is 21.4 Å². The third-order valence-electron chi connectivity index (χ3n) is 3.66. The molecule has 0 atom stereocenters. The molecule has 7 heteroatoms. The number of benzene rings is 2. The molecule has 0 fully saturated rings. The molecule has 0 aliphatic rings. The van der Waals surface area contributed by atoms with Crippen LogP contribution in [-0.2, 0) is 22.5 Å². The van der Waals surface area contributed by atoms with Gasteiger partial charge in [0.25, 0.3) is 0 Å². The Labute approximate surface area is 157 Å². The molecule has 0 radical (unpaired) electrons. The first-order chi connectivity index (χ1) is 11.5. The summed E-state index contributed by atoms with van der Waals surface area (Å²) in [7, 11) is 1.36. The molecule has 4 nitrogen and oxygen atoms in total. The van der Waals surface area contributed by atoms with Crippen molar-refractivity contribution >= 4 is 56.1 Å². The molecule has 1 heterocycles. The second-order valence-corrected chi connectivity index (χ2v) is 6.98. The minimum atomic E-state index is -0.350. The van der Waals surface area contributed by atoms with Gasteiger partial charge in [-0.15, -0.1) is 0 Å². The second kappa shape index (κ2) is 7.13. The molecular formula is C17H13BrCl2N2O2. The molecule has 0 unspecified atom stereocenters. The van der Waals surface area contributed by atoms with Crippen LogP contribution in [0.25, 0.3) is 11.0 Å². The van der Waals surface area contributed by atoms with Crippen molar-refractivity contribution in [2.75, 3.05) is 7.11 Å². The number of methoxy groups -OCH3 is 1. The lowest BCUT2D eigenvalue weighted by Gasteiger charge is -2.08. The fraction of sp³-hybridized carbons (Fsp3) is 0.176. The summed E-state index contributed by atoms with van der Waals surface area (Å²) in [5.74, 6) is 0.397. The lowest BCUT2D eigenvalue weighted by Crippen LogP contribution is -2.14. The van der Waals surface area contributed by atoms with Crippen LogP contribution in [0.15, 0.2) is 40.9 Å². The first kappa shape index (κ1) is 17.3. The van der Waals surface area contributed by atoms with E-state index in [0.29, 0.717) is 22.0 Å². The minimum absolute atomic E-state index is 0.0663. The number of nitrogens with zero attached hydrogens (tertiary/aromatic N) is 2. The van der Waals surface area contributed by atoms with Crippen LogP contribution in [0.1, 0.15) is 11.4 Å². The smallest absolute Gasteiger partial charge is 0.325 e. The quantitative estimate of drug-likeness (QED) is 0.558. The lowest BCUT2D eigenvalue weighted by molar-refractivity contribution is -0.141. The van der Waals surface area contributed by atoms with Crippen LogP contribution < -0.4 is 0 Å². The summed E-state index contributed by atoms with van der Waals surface area (Å²) in [5, 5.41) is 0.854. The van der Waals surface area contributed by atoms with Gasteiger partial charge in [-0.05, 0) is 29.8 Å². The molecule has 3 rings (SSSR count). The van der Waals surface area contributed by atoms with Crippen molar-refractivity contribution in [3.8, 4) is 0 Å². The largest absolute Gasteiger partial charge is 0.468 e. The molecule has 0 amide bonds. The Hall–Kier alpha value is -1.56. The highest BCUT2D eigenvalue weighted by atomic mass is 79.9. The first-order valence-electron chi connectivity index (χ1n) is 7.13. The topological polar surface area (TPSA) is 44.1 Å². The van der Waals surface area contributed by atoms with Gasteiger partial charge >= 0.3 is 5.97 Å². The van der Waals surface area contributed by atoms with Crippen LogP contribution in [0.2, 0.25) is 10.0 Å². The Morgan fingerprint density at radius 1 is 1.21 bits per heavy atom. The van der Waals surface area contributed by atoms with Crippen molar-refractivity contribution in [2.45, 2.75) is 13.0 Å². The number of aromatic nitrogens is 2. The number of hydrogen-bond donors (Lipinski definition) is 0. The van der Waals surface area contributed by atoms with E-state index in [-0.39, 0.29) is 12.5 Å². The van der Waals surface area contributed by atoms with Crippen LogP contribution in [0.4, 0.5) is 0 Å². The molecular weight excluding hydrogens is 415 g/mol. The molecule has 24 heavy (non-hydrogen) atoms. The molecule has 0 aliphatic carbocycles. The summed E-state index contributed by atoms with van der Waals surface area (Å²) < 4.78 is 7.61. The van der Waals surface area contributed by atoms with Crippen molar-refractivity contribution in [3.63, 3.8) is 0 Å². The van der Waals surface area contributed by atoms with E-state index in [1.54, 1.807) is 12.1 Å². The molecule has 0 saturated heterocycles. The van der Waals surface area contributed by atoms with Crippen molar-refractivity contribution in [3.05, 3.63) is 62.3 Å². The molecule has 124 valence electrons. The van der Waals surface area contributed by atoms with Gasteiger partial charge in [0.1, 0.15) is 12.4 Å². The summed E-state index contributed by atoms with van der Waals surface area (Å²) in [5.41, 5.74) is 2.53. The van der Waals surface area contributed by atoms with E-state index < -0.39 is 0 Å². The zero-order valence-corrected chi connectivity index (χ0v) is 15.8. The van der Waals surface area contributed by atoms with Gasteiger partial charge in [0, 0.05) is 10.9 Å². The summed E-state index contributed by atoms with van der Waals surface area (Å²) in [6, 6.07) is 11.4. The van der Waals surface area contributed by atoms with Gasteiger partial charge in [0.05, 0.1) is 28.2 Å². The molecule has 0 spiro atoms. The summed E-state index contributed by atoms with van der Waals surface area (Å²) in [6.07, 6.45) is 0.578. The van der Waals surface area contributed by atoms with Gasteiger partial charge in [-0.2, -0.15) is 0 Å². The van der Waals surface area contributed by atoms with E-state index in [4.69, 9.17) is 27.9 Å². The van der Waals surface area contributed by atoms with Crippen LogP contribution in [0.5, 0.6) is 0 Å². The van der Waals surface area contributed by atoms with Gasteiger partial charge < -0.3 is 9.30 Å². The molecule has 2 aromatic carbocycles. The molecule has 1 aromatic heterocycles. The van der Waals surface area contributed by atoms with E-state index in [1.807, 2.05) is 28.8 Å². The van der Waals surface area contributed by atoms with Crippen LogP contribution in [0.3, 0.4) is 0 Å². The Balaban J connectivity index is 2.08. The highest BCUT2D eigenvalue weighted by Crippen LogP contribution is 2.29. The molecule has 0 bridgehead atoms. The predicted octanol–water partition coefficient (Wildman–Crippen LogP) is 4.87. The number of ether oxygens (including phenoxy) is 1. The number of fused-ring (bicyclic) bond motifs is 1. The van der Waals surface area contributed by atoms with Gasteiger partial charge in [-0.25, -0.2) is 4.98 Å². The van der Waals surface area contributed by atoms with E-state index >= 15 is 0 Å². The van der Waals surface area contributed by atoms with Crippen LogP contribution in [0, 0.1) is 0 Å². The maximum absolute atomic E-state index is 11.8. The normalized spacial score (nSPS) is 11.0. The van der Waals surface area contributed by atoms with Crippen molar-refractivity contribution < 1.29 is 9.53 Å².